The number of rotatable bonds is 6. The van der Waals surface area contributed by atoms with Crippen molar-refractivity contribution in [1.82, 2.24) is 0 Å². The third kappa shape index (κ3) is 4.36. The van der Waals surface area contributed by atoms with Crippen LogP contribution < -0.4 is 15.2 Å². The molecule has 2 aromatic carbocycles. The van der Waals surface area contributed by atoms with Crippen LogP contribution in [0.4, 0.5) is 5.69 Å². The first-order chi connectivity index (χ1) is 11.0. The number of hydrogen-bond donors (Lipinski definition) is 1. The summed E-state index contributed by atoms with van der Waals surface area (Å²) in [6, 6.07) is 11.1. The number of methoxy groups -OCH3 is 2. The second-order valence-electron chi connectivity index (χ2n) is 5.23. The largest absolute Gasteiger partial charge is 0.497 e. The van der Waals surface area contributed by atoms with Crippen molar-refractivity contribution in [3.63, 3.8) is 0 Å². The highest BCUT2D eigenvalue weighted by molar-refractivity contribution is 5.98. The minimum atomic E-state index is -0.000000383. The van der Waals surface area contributed by atoms with Gasteiger partial charge in [0.15, 0.2) is 5.78 Å². The SMILES string of the molecule is COc1cc(C/C=C/c2ccc(N)cc2C(C)=O)cc(OC)c1. The maximum Gasteiger partial charge on any atom is 0.160 e. The molecular formula is C19H21NO3. The third-order valence-electron chi connectivity index (χ3n) is 3.52. The van der Waals surface area contributed by atoms with E-state index in [1.807, 2.05) is 36.4 Å². The Morgan fingerprint density at radius 1 is 1.09 bits per heavy atom. The summed E-state index contributed by atoms with van der Waals surface area (Å²) in [7, 11) is 3.25. The highest BCUT2D eigenvalue weighted by Gasteiger charge is 2.05. The van der Waals surface area contributed by atoms with Crippen LogP contribution in [0.15, 0.2) is 42.5 Å². The molecule has 0 aliphatic heterocycles. The summed E-state index contributed by atoms with van der Waals surface area (Å²) < 4.78 is 10.5. The summed E-state index contributed by atoms with van der Waals surface area (Å²) >= 11 is 0. The fourth-order valence-corrected chi connectivity index (χ4v) is 2.33. The van der Waals surface area contributed by atoms with E-state index < -0.39 is 0 Å². The third-order valence-corrected chi connectivity index (χ3v) is 3.52. The normalized spacial score (nSPS) is 10.7. The minimum Gasteiger partial charge on any atom is -0.497 e. The Morgan fingerprint density at radius 3 is 2.30 bits per heavy atom. The van der Waals surface area contributed by atoms with Gasteiger partial charge in [-0.25, -0.2) is 0 Å². The van der Waals surface area contributed by atoms with Crippen LogP contribution >= 0.6 is 0 Å². The molecule has 0 heterocycles. The van der Waals surface area contributed by atoms with Gasteiger partial charge in [0.2, 0.25) is 0 Å². The predicted molar refractivity (Wildman–Crippen MR) is 93.1 cm³/mol. The van der Waals surface area contributed by atoms with Crippen LogP contribution in [-0.4, -0.2) is 20.0 Å². The molecule has 0 saturated carbocycles. The number of ether oxygens (including phenoxy) is 2. The smallest absolute Gasteiger partial charge is 0.160 e. The lowest BCUT2D eigenvalue weighted by Gasteiger charge is -2.07. The summed E-state index contributed by atoms with van der Waals surface area (Å²) in [4.78, 5) is 11.7. The van der Waals surface area contributed by atoms with Crippen LogP contribution in [0.3, 0.4) is 0 Å². The molecule has 2 rings (SSSR count). The fraction of sp³-hybridized carbons (Fsp3) is 0.211. The molecule has 0 amide bonds. The molecule has 2 aromatic rings. The molecule has 0 unspecified atom stereocenters. The lowest BCUT2D eigenvalue weighted by molar-refractivity contribution is 0.101. The van der Waals surface area contributed by atoms with Crippen molar-refractivity contribution in [2.75, 3.05) is 20.0 Å². The van der Waals surface area contributed by atoms with E-state index in [4.69, 9.17) is 15.2 Å². The summed E-state index contributed by atoms with van der Waals surface area (Å²) in [6.07, 6.45) is 4.64. The summed E-state index contributed by atoms with van der Waals surface area (Å²) in [5.74, 6) is 1.51. The van der Waals surface area contributed by atoms with Crippen molar-refractivity contribution < 1.29 is 14.3 Å². The van der Waals surface area contributed by atoms with Crippen molar-refractivity contribution in [2.24, 2.45) is 0 Å². The molecular weight excluding hydrogens is 290 g/mol. The van der Waals surface area contributed by atoms with Crippen LogP contribution in [0, 0.1) is 0 Å². The van der Waals surface area contributed by atoms with E-state index in [2.05, 4.69) is 0 Å². The Bertz CT molecular complexity index is 713. The molecule has 0 aromatic heterocycles. The number of nitrogen functional groups attached to an aromatic ring is 1. The lowest BCUT2D eigenvalue weighted by atomic mass is 10.0. The van der Waals surface area contributed by atoms with Crippen molar-refractivity contribution in [2.45, 2.75) is 13.3 Å². The maximum absolute atomic E-state index is 11.7. The number of Topliss-reactive ketones (excluding diaryl/α,β-unsaturated/α-hetero) is 1. The Labute approximate surface area is 136 Å². The van der Waals surface area contributed by atoms with Gasteiger partial charge < -0.3 is 15.2 Å². The molecule has 0 bridgehead atoms. The highest BCUT2D eigenvalue weighted by Crippen LogP contribution is 2.23. The average Bonchev–Trinajstić information content (AvgIpc) is 2.55. The van der Waals surface area contributed by atoms with Gasteiger partial charge in [-0.05, 0) is 48.7 Å². The van der Waals surface area contributed by atoms with E-state index in [0.717, 1.165) is 22.6 Å². The highest BCUT2D eigenvalue weighted by atomic mass is 16.5. The number of nitrogens with two attached hydrogens (primary N) is 1. The molecule has 0 fully saturated rings. The first-order valence-electron chi connectivity index (χ1n) is 7.32. The number of ketones is 1. The van der Waals surface area contributed by atoms with Gasteiger partial charge >= 0.3 is 0 Å². The van der Waals surface area contributed by atoms with Crippen molar-refractivity contribution in [1.29, 1.82) is 0 Å². The molecule has 0 spiro atoms. The van der Waals surface area contributed by atoms with E-state index in [1.165, 1.54) is 0 Å². The zero-order valence-electron chi connectivity index (χ0n) is 13.6. The predicted octanol–water partition coefficient (Wildman–Crippen LogP) is 3.74. The zero-order valence-corrected chi connectivity index (χ0v) is 13.6. The lowest BCUT2D eigenvalue weighted by Crippen LogP contribution is -1.98. The number of carbonyl (C=O) groups is 1. The quantitative estimate of drug-likeness (QED) is 0.652. The molecule has 0 saturated heterocycles. The monoisotopic (exact) mass is 311 g/mol. The summed E-state index contributed by atoms with van der Waals surface area (Å²) in [5.41, 5.74) is 8.89. The van der Waals surface area contributed by atoms with Crippen LogP contribution in [0.25, 0.3) is 6.08 Å². The van der Waals surface area contributed by atoms with Crippen LogP contribution in [0.2, 0.25) is 0 Å². The van der Waals surface area contributed by atoms with E-state index >= 15 is 0 Å². The zero-order chi connectivity index (χ0) is 16.8. The number of benzene rings is 2. The molecule has 2 N–H and O–H groups in total. The second-order valence-corrected chi connectivity index (χ2v) is 5.23. The van der Waals surface area contributed by atoms with E-state index in [0.29, 0.717) is 17.7 Å². The van der Waals surface area contributed by atoms with Gasteiger partial charge in [0.25, 0.3) is 0 Å². The first kappa shape index (κ1) is 16.6. The van der Waals surface area contributed by atoms with Crippen molar-refractivity contribution >= 4 is 17.5 Å². The topological polar surface area (TPSA) is 61.5 Å². The van der Waals surface area contributed by atoms with Crippen LogP contribution in [0.5, 0.6) is 11.5 Å². The summed E-state index contributed by atoms with van der Waals surface area (Å²) in [5, 5.41) is 0. The van der Waals surface area contributed by atoms with Gasteiger partial charge in [-0.2, -0.15) is 0 Å². The Kier molecular flexibility index (Phi) is 5.41. The average molecular weight is 311 g/mol. The number of anilines is 1. The van der Waals surface area contributed by atoms with E-state index in [9.17, 15) is 4.79 Å². The maximum atomic E-state index is 11.7. The Balaban J connectivity index is 2.21. The van der Waals surface area contributed by atoms with Gasteiger partial charge in [-0.3, -0.25) is 4.79 Å². The fourth-order valence-electron chi connectivity index (χ4n) is 2.33. The van der Waals surface area contributed by atoms with Gasteiger partial charge in [-0.1, -0.05) is 18.2 Å². The van der Waals surface area contributed by atoms with E-state index in [1.54, 1.807) is 33.3 Å². The first-order valence-corrected chi connectivity index (χ1v) is 7.32. The number of hydrogen-bond acceptors (Lipinski definition) is 4. The van der Waals surface area contributed by atoms with Gasteiger partial charge in [0, 0.05) is 17.3 Å². The molecule has 4 nitrogen and oxygen atoms in total. The number of allylic oxidation sites excluding steroid dienone is 1. The van der Waals surface area contributed by atoms with Gasteiger partial charge in [0.1, 0.15) is 11.5 Å². The Morgan fingerprint density at radius 2 is 1.74 bits per heavy atom. The van der Waals surface area contributed by atoms with Crippen LogP contribution in [0.1, 0.15) is 28.4 Å². The molecule has 0 aliphatic rings. The van der Waals surface area contributed by atoms with Gasteiger partial charge in [-0.15, -0.1) is 0 Å². The molecule has 0 aliphatic carbocycles. The van der Waals surface area contributed by atoms with Crippen molar-refractivity contribution in [3.8, 4) is 11.5 Å². The van der Waals surface area contributed by atoms with Crippen molar-refractivity contribution in [3.05, 3.63) is 59.2 Å². The van der Waals surface area contributed by atoms with E-state index in [-0.39, 0.29) is 5.78 Å². The number of carbonyl (C=O) groups excluding carboxylic acids is 1. The molecule has 0 radical (unpaired) electrons. The molecule has 4 heteroatoms. The molecule has 23 heavy (non-hydrogen) atoms. The van der Waals surface area contributed by atoms with Crippen LogP contribution in [-0.2, 0) is 6.42 Å². The van der Waals surface area contributed by atoms with Gasteiger partial charge in [0.05, 0.1) is 14.2 Å². The Hall–Kier alpha value is -2.75. The summed E-state index contributed by atoms with van der Waals surface area (Å²) in [6.45, 7) is 1.54. The molecule has 0 atom stereocenters. The second kappa shape index (κ2) is 7.49. The molecule has 120 valence electrons. The minimum absolute atomic E-state index is 0.000000383. The standard InChI is InChI=1S/C19H21NO3/c1-13(21)19-11-16(20)8-7-15(19)6-4-5-14-9-17(22-2)12-18(10-14)23-3/h4,6-12H,5,20H2,1-3H3/b6-4+.